The highest BCUT2D eigenvalue weighted by Gasteiger charge is 2.36. The first-order chi connectivity index (χ1) is 11.3. The summed E-state index contributed by atoms with van der Waals surface area (Å²) in [6.07, 6.45) is -3.10. The zero-order chi connectivity index (χ0) is 17.3. The van der Waals surface area contributed by atoms with Crippen molar-refractivity contribution in [1.29, 1.82) is 0 Å². The Hall–Kier alpha value is -1.87. The lowest BCUT2D eigenvalue weighted by atomic mass is 10.2. The van der Waals surface area contributed by atoms with Crippen molar-refractivity contribution in [1.82, 2.24) is 19.9 Å². The highest BCUT2D eigenvalue weighted by Crippen LogP contribution is 2.35. The number of alkyl halides is 3. The van der Waals surface area contributed by atoms with Crippen molar-refractivity contribution < 1.29 is 13.2 Å². The number of aromatic nitrogens is 4. The van der Waals surface area contributed by atoms with Crippen LogP contribution in [0.1, 0.15) is 5.56 Å². The van der Waals surface area contributed by atoms with Crippen LogP contribution < -0.4 is 9.80 Å². The number of pyridine rings is 1. The highest BCUT2D eigenvalue weighted by molar-refractivity contribution is 6.31. The van der Waals surface area contributed by atoms with E-state index in [1.807, 2.05) is 0 Å². The van der Waals surface area contributed by atoms with E-state index in [1.54, 1.807) is 9.80 Å². The molecule has 0 saturated carbocycles. The van der Waals surface area contributed by atoms with Gasteiger partial charge >= 0.3 is 6.18 Å². The SMILES string of the molecule is FC(F)(F)c1cccnc1N1CCN(c2nc(Cl)nc(Cl)n2)CC1. The molecule has 2 aromatic rings. The van der Waals surface area contributed by atoms with Gasteiger partial charge in [-0.2, -0.15) is 28.1 Å². The first kappa shape index (κ1) is 17.0. The summed E-state index contributed by atoms with van der Waals surface area (Å²) in [6, 6.07) is 2.30. The first-order valence-corrected chi connectivity index (χ1v) is 7.69. The number of piperazine rings is 1. The van der Waals surface area contributed by atoms with E-state index in [1.165, 1.54) is 12.3 Å². The Morgan fingerprint density at radius 1 is 0.917 bits per heavy atom. The van der Waals surface area contributed by atoms with Gasteiger partial charge in [0.15, 0.2) is 0 Å². The Bertz CT molecular complexity index is 714. The minimum Gasteiger partial charge on any atom is -0.353 e. The average Bonchev–Trinajstić information content (AvgIpc) is 2.53. The molecule has 0 aliphatic carbocycles. The van der Waals surface area contributed by atoms with Gasteiger partial charge < -0.3 is 9.80 Å². The Labute approximate surface area is 145 Å². The second-order valence-corrected chi connectivity index (χ2v) is 5.70. The van der Waals surface area contributed by atoms with Crippen LogP contribution in [0.5, 0.6) is 0 Å². The molecule has 1 aliphatic heterocycles. The molecular formula is C13H11Cl2F3N6. The van der Waals surface area contributed by atoms with Crippen LogP contribution in [-0.4, -0.2) is 46.1 Å². The fourth-order valence-electron chi connectivity index (χ4n) is 2.45. The number of anilines is 2. The molecule has 0 radical (unpaired) electrons. The number of hydrogen-bond acceptors (Lipinski definition) is 6. The monoisotopic (exact) mass is 378 g/mol. The number of nitrogens with zero attached hydrogens (tertiary/aromatic N) is 6. The molecule has 1 fully saturated rings. The topological polar surface area (TPSA) is 58.0 Å². The molecule has 6 nitrogen and oxygen atoms in total. The second kappa shape index (κ2) is 6.56. The van der Waals surface area contributed by atoms with Crippen LogP contribution in [0, 0.1) is 0 Å². The molecule has 0 amide bonds. The third-order valence-corrected chi connectivity index (χ3v) is 3.86. The van der Waals surface area contributed by atoms with Gasteiger partial charge in [0, 0.05) is 32.4 Å². The van der Waals surface area contributed by atoms with Crippen molar-refractivity contribution in [2.45, 2.75) is 6.18 Å². The third kappa shape index (κ3) is 3.62. The summed E-state index contributed by atoms with van der Waals surface area (Å²) >= 11 is 11.5. The molecule has 0 bridgehead atoms. The minimum atomic E-state index is -4.45. The third-order valence-electron chi connectivity index (χ3n) is 3.52. The first-order valence-electron chi connectivity index (χ1n) is 6.94. The van der Waals surface area contributed by atoms with Crippen molar-refractivity contribution in [3.05, 3.63) is 34.5 Å². The lowest BCUT2D eigenvalue weighted by Gasteiger charge is -2.36. The maximum absolute atomic E-state index is 13.1. The Balaban J connectivity index is 1.76. The summed E-state index contributed by atoms with van der Waals surface area (Å²) in [5, 5.41) is -0.0620. The molecule has 1 saturated heterocycles. The van der Waals surface area contributed by atoms with E-state index in [0.29, 0.717) is 32.1 Å². The number of halogens is 5. The maximum Gasteiger partial charge on any atom is 0.419 e. The standard InChI is InChI=1S/C13H11Cl2F3N6/c14-10-20-11(15)22-12(21-10)24-6-4-23(5-7-24)9-8(13(16,17)18)2-1-3-19-9/h1-3H,4-7H2. The van der Waals surface area contributed by atoms with Gasteiger partial charge in [0.2, 0.25) is 16.5 Å². The van der Waals surface area contributed by atoms with E-state index in [4.69, 9.17) is 23.2 Å². The van der Waals surface area contributed by atoms with Gasteiger partial charge in [-0.3, -0.25) is 0 Å². The van der Waals surface area contributed by atoms with Crippen molar-refractivity contribution >= 4 is 35.0 Å². The molecule has 0 aromatic carbocycles. The summed E-state index contributed by atoms with van der Waals surface area (Å²) in [5.41, 5.74) is -0.746. The molecule has 0 unspecified atom stereocenters. The van der Waals surface area contributed by atoms with E-state index in [2.05, 4.69) is 19.9 Å². The van der Waals surface area contributed by atoms with Crippen LogP contribution >= 0.6 is 23.2 Å². The lowest BCUT2D eigenvalue weighted by molar-refractivity contribution is -0.137. The molecule has 1 aliphatic rings. The van der Waals surface area contributed by atoms with E-state index in [-0.39, 0.29) is 16.4 Å². The van der Waals surface area contributed by atoms with E-state index < -0.39 is 11.7 Å². The van der Waals surface area contributed by atoms with Gasteiger partial charge in [0.05, 0.1) is 5.56 Å². The largest absolute Gasteiger partial charge is 0.419 e. The van der Waals surface area contributed by atoms with Crippen LogP contribution in [0.3, 0.4) is 0 Å². The van der Waals surface area contributed by atoms with E-state index in [0.717, 1.165) is 6.07 Å². The minimum absolute atomic E-state index is 0.0310. The molecule has 2 aromatic heterocycles. The smallest absolute Gasteiger partial charge is 0.353 e. The van der Waals surface area contributed by atoms with Gasteiger partial charge in [0.25, 0.3) is 0 Å². The summed E-state index contributed by atoms with van der Waals surface area (Å²) in [4.78, 5) is 18.9. The van der Waals surface area contributed by atoms with E-state index in [9.17, 15) is 13.2 Å². The molecule has 128 valence electrons. The summed E-state index contributed by atoms with van der Waals surface area (Å²) in [6.45, 7) is 1.48. The van der Waals surface area contributed by atoms with Crippen LogP contribution in [0.4, 0.5) is 24.9 Å². The van der Waals surface area contributed by atoms with Gasteiger partial charge in [-0.15, -0.1) is 0 Å². The number of rotatable bonds is 2. The Morgan fingerprint density at radius 3 is 2.08 bits per heavy atom. The average molecular weight is 379 g/mol. The number of hydrogen-bond donors (Lipinski definition) is 0. The second-order valence-electron chi connectivity index (χ2n) is 5.02. The Kier molecular flexibility index (Phi) is 4.64. The van der Waals surface area contributed by atoms with Crippen LogP contribution in [-0.2, 0) is 6.18 Å². The fourth-order valence-corrected chi connectivity index (χ4v) is 2.80. The predicted octanol–water partition coefficient (Wildman–Crippen LogP) is 2.92. The lowest BCUT2D eigenvalue weighted by Crippen LogP contribution is -2.48. The summed E-state index contributed by atoms with van der Waals surface area (Å²) in [5.74, 6) is 0.230. The molecule has 0 N–H and O–H groups in total. The molecule has 3 heterocycles. The van der Waals surface area contributed by atoms with E-state index >= 15 is 0 Å². The Morgan fingerprint density at radius 2 is 1.50 bits per heavy atom. The van der Waals surface area contributed by atoms with Crippen LogP contribution in [0.25, 0.3) is 0 Å². The van der Waals surface area contributed by atoms with Crippen molar-refractivity contribution in [3.8, 4) is 0 Å². The molecule has 24 heavy (non-hydrogen) atoms. The predicted molar refractivity (Wildman–Crippen MR) is 83.5 cm³/mol. The molecule has 0 spiro atoms. The molecule has 0 atom stereocenters. The van der Waals surface area contributed by atoms with Crippen LogP contribution in [0.2, 0.25) is 10.6 Å². The fraction of sp³-hybridized carbons (Fsp3) is 0.385. The summed E-state index contributed by atoms with van der Waals surface area (Å²) < 4.78 is 39.3. The normalized spacial score (nSPS) is 15.7. The van der Waals surface area contributed by atoms with Gasteiger partial charge in [-0.05, 0) is 35.3 Å². The van der Waals surface area contributed by atoms with Crippen molar-refractivity contribution in [2.75, 3.05) is 36.0 Å². The molecule has 3 rings (SSSR count). The highest BCUT2D eigenvalue weighted by atomic mass is 35.5. The van der Waals surface area contributed by atoms with Gasteiger partial charge in [0.1, 0.15) is 5.82 Å². The van der Waals surface area contributed by atoms with Crippen molar-refractivity contribution in [2.24, 2.45) is 0 Å². The summed E-state index contributed by atoms with van der Waals surface area (Å²) in [7, 11) is 0. The quantitative estimate of drug-likeness (QED) is 0.800. The van der Waals surface area contributed by atoms with Gasteiger partial charge in [-0.1, -0.05) is 0 Å². The molecule has 11 heteroatoms. The zero-order valence-corrected chi connectivity index (χ0v) is 13.6. The van der Waals surface area contributed by atoms with Crippen LogP contribution in [0.15, 0.2) is 18.3 Å². The van der Waals surface area contributed by atoms with Gasteiger partial charge in [-0.25, -0.2) is 4.98 Å². The maximum atomic E-state index is 13.1. The molecular weight excluding hydrogens is 368 g/mol. The zero-order valence-electron chi connectivity index (χ0n) is 12.1. The van der Waals surface area contributed by atoms with Crippen molar-refractivity contribution in [3.63, 3.8) is 0 Å².